The number of rotatable bonds is 4. The normalized spacial score (nSPS) is 12.3. The first-order valence-electron chi connectivity index (χ1n) is 7.51. The van der Waals surface area contributed by atoms with Crippen molar-refractivity contribution in [1.29, 1.82) is 0 Å². The Balaban J connectivity index is 1.77. The van der Waals surface area contributed by atoms with E-state index in [0.29, 0.717) is 17.3 Å². The van der Waals surface area contributed by atoms with Crippen molar-refractivity contribution in [1.82, 2.24) is 25.4 Å². The van der Waals surface area contributed by atoms with E-state index in [2.05, 4.69) is 25.4 Å². The van der Waals surface area contributed by atoms with Crippen molar-refractivity contribution in [2.75, 3.05) is 0 Å². The Morgan fingerprint density at radius 1 is 1.38 bits per heavy atom. The summed E-state index contributed by atoms with van der Waals surface area (Å²) in [6.45, 7) is 5.60. The minimum absolute atomic E-state index is 0.140. The van der Waals surface area contributed by atoms with Gasteiger partial charge in [-0.25, -0.2) is 9.97 Å². The molecule has 2 N–H and O–H groups in total. The lowest BCUT2D eigenvalue weighted by molar-refractivity contribution is 0.0935. The number of aryl methyl sites for hydroxylation is 2. The molecular weight excluding hydrogens is 310 g/mol. The number of aromatic nitrogens is 4. The van der Waals surface area contributed by atoms with Gasteiger partial charge in [-0.2, -0.15) is 0 Å². The Morgan fingerprint density at radius 3 is 2.88 bits per heavy atom. The fraction of sp³-hybridized carbons (Fsp3) is 0.312. The molecule has 0 aliphatic rings. The molecule has 1 unspecified atom stereocenters. The maximum Gasteiger partial charge on any atom is 0.270 e. The molecule has 24 heavy (non-hydrogen) atoms. The van der Waals surface area contributed by atoms with Crippen LogP contribution < -0.4 is 10.9 Å². The lowest BCUT2D eigenvalue weighted by Gasteiger charge is -2.13. The standard InChI is InChI=1S/C16H17N5O3/c1-8(4-11-9(2)21-24-10(11)3)20-16(23)13-5-12-14(6-17-13)18-7-19-15(12)22/h5-8H,4H2,1-3H3,(H,20,23)(H,18,19,22). The zero-order chi connectivity index (χ0) is 17.3. The summed E-state index contributed by atoms with van der Waals surface area (Å²) in [5, 5.41) is 7.10. The van der Waals surface area contributed by atoms with E-state index in [9.17, 15) is 9.59 Å². The van der Waals surface area contributed by atoms with Gasteiger partial charge in [-0.1, -0.05) is 5.16 Å². The number of H-pyrrole nitrogens is 1. The van der Waals surface area contributed by atoms with Crippen LogP contribution in [0.4, 0.5) is 0 Å². The number of hydrogen-bond donors (Lipinski definition) is 2. The molecule has 0 saturated heterocycles. The number of aromatic amines is 1. The molecule has 1 atom stereocenters. The summed E-state index contributed by atoms with van der Waals surface area (Å²) in [7, 11) is 0. The summed E-state index contributed by atoms with van der Waals surface area (Å²) in [5.74, 6) is 0.398. The lowest BCUT2D eigenvalue weighted by Crippen LogP contribution is -2.34. The van der Waals surface area contributed by atoms with Crippen LogP contribution in [0.5, 0.6) is 0 Å². The van der Waals surface area contributed by atoms with Gasteiger partial charge in [0.25, 0.3) is 11.5 Å². The second-order valence-electron chi connectivity index (χ2n) is 5.70. The molecule has 3 aromatic heterocycles. The number of pyridine rings is 1. The van der Waals surface area contributed by atoms with E-state index >= 15 is 0 Å². The van der Waals surface area contributed by atoms with Gasteiger partial charge < -0.3 is 14.8 Å². The number of carbonyl (C=O) groups excluding carboxylic acids is 1. The predicted octanol–water partition coefficient (Wildman–Crippen LogP) is 1.28. The van der Waals surface area contributed by atoms with Crippen LogP contribution in [0.1, 0.15) is 34.4 Å². The van der Waals surface area contributed by atoms with Gasteiger partial charge in [0.2, 0.25) is 0 Å². The minimum Gasteiger partial charge on any atom is -0.361 e. The second-order valence-corrected chi connectivity index (χ2v) is 5.70. The van der Waals surface area contributed by atoms with Gasteiger partial charge in [0.15, 0.2) is 0 Å². The molecular formula is C16H17N5O3. The number of nitrogens with zero attached hydrogens (tertiary/aromatic N) is 3. The van der Waals surface area contributed by atoms with Crippen molar-refractivity contribution in [2.45, 2.75) is 33.2 Å². The highest BCUT2D eigenvalue weighted by atomic mass is 16.5. The Hall–Kier alpha value is -3.03. The summed E-state index contributed by atoms with van der Waals surface area (Å²) in [6.07, 6.45) is 3.32. The van der Waals surface area contributed by atoms with Gasteiger partial charge in [0, 0.05) is 11.6 Å². The largest absolute Gasteiger partial charge is 0.361 e. The molecule has 0 spiro atoms. The minimum atomic E-state index is -0.348. The Bertz CT molecular complexity index is 940. The van der Waals surface area contributed by atoms with Crippen molar-refractivity contribution < 1.29 is 9.32 Å². The second kappa shape index (κ2) is 6.23. The van der Waals surface area contributed by atoms with Crippen LogP contribution in [-0.4, -0.2) is 32.1 Å². The van der Waals surface area contributed by atoms with Crippen molar-refractivity contribution in [3.05, 3.63) is 51.7 Å². The third-order valence-corrected chi connectivity index (χ3v) is 3.83. The molecule has 0 aliphatic heterocycles. The van der Waals surface area contributed by atoms with E-state index in [1.54, 1.807) is 0 Å². The lowest BCUT2D eigenvalue weighted by atomic mass is 10.1. The van der Waals surface area contributed by atoms with E-state index in [1.165, 1.54) is 18.6 Å². The Morgan fingerprint density at radius 2 is 2.17 bits per heavy atom. The first kappa shape index (κ1) is 15.9. The monoisotopic (exact) mass is 327 g/mol. The summed E-state index contributed by atoms with van der Waals surface area (Å²) >= 11 is 0. The van der Waals surface area contributed by atoms with Crippen LogP contribution in [0.25, 0.3) is 10.9 Å². The fourth-order valence-electron chi connectivity index (χ4n) is 2.54. The van der Waals surface area contributed by atoms with Crippen molar-refractivity contribution in [2.24, 2.45) is 0 Å². The molecule has 8 nitrogen and oxygen atoms in total. The number of nitrogens with one attached hydrogen (secondary N) is 2. The Kier molecular flexibility index (Phi) is 4.11. The van der Waals surface area contributed by atoms with Gasteiger partial charge in [-0.3, -0.25) is 9.59 Å². The zero-order valence-electron chi connectivity index (χ0n) is 13.6. The third-order valence-electron chi connectivity index (χ3n) is 3.83. The predicted molar refractivity (Wildman–Crippen MR) is 86.8 cm³/mol. The van der Waals surface area contributed by atoms with Crippen molar-refractivity contribution >= 4 is 16.8 Å². The molecule has 8 heteroatoms. The number of hydrogen-bond acceptors (Lipinski definition) is 6. The SMILES string of the molecule is Cc1noc(C)c1CC(C)NC(=O)c1cc2c(=O)[nH]cnc2cn1. The number of amides is 1. The van der Waals surface area contributed by atoms with Crippen LogP contribution in [0.3, 0.4) is 0 Å². The fourth-order valence-corrected chi connectivity index (χ4v) is 2.54. The third kappa shape index (κ3) is 3.03. The van der Waals surface area contributed by atoms with Gasteiger partial charge in [0.1, 0.15) is 11.5 Å². The van der Waals surface area contributed by atoms with Gasteiger partial charge >= 0.3 is 0 Å². The van der Waals surface area contributed by atoms with E-state index in [1.807, 2.05) is 20.8 Å². The highest BCUT2D eigenvalue weighted by Crippen LogP contribution is 2.14. The number of fused-ring (bicyclic) bond motifs is 1. The molecule has 3 rings (SSSR count). The van der Waals surface area contributed by atoms with E-state index in [-0.39, 0.29) is 23.2 Å². The van der Waals surface area contributed by atoms with Gasteiger partial charge in [-0.15, -0.1) is 0 Å². The summed E-state index contributed by atoms with van der Waals surface area (Å²) in [5.41, 5.74) is 2.11. The summed E-state index contributed by atoms with van der Waals surface area (Å²) in [6, 6.07) is 1.30. The van der Waals surface area contributed by atoms with Gasteiger partial charge in [0.05, 0.1) is 29.1 Å². The average molecular weight is 327 g/mol. The maximum absolute atomic E-state index is 12.4. The molecule has 0 aromatic carbocycles. The number of carbonyl (C=O) groups is 1. The topological polar surface area (TPSA) is 114 Å². The van der Waals surface area contributed by atoms with Crippen LogP contribution in [-0.2, 0) is 6.42 Å². The molecule has 0 radical (unpaired) electrons. The molecule has 124 valence electrons. The summed E-state index contributed by atoms with van der Waals surface area (Å²) in [4.78, 5) is 34.7. The molecule has 0 fully saturated rings. The van der Waals surface area contributed by atoms with E-state index in [0.717, 1.165) is 17.0 Å². The Labute approximate surface area is 137 Å². The van der Waals surface area contributed by atoms with Crippen LogP contribution >= 0.6 is 0 Å². The van der Waals surface area contributed by atoms with E-state index in [4.69, 9.17) is 4.52 Å². The highest BCUT2D eigenvalue weighted by molar-refractivity contribution is 5.95. The van der Waals surface area contributed by atoms with Crippen molar-refractivity contribution in [3.63, 3.8) is 0 Å². The average Bonchev–Trinajstić information content (AvgIpc) is 2.87. The van der Waals surface area contributed by atoms with Crippen molar-refractivity contribution in [3.8, 4) is 0 Å². The van der Waals surface area contributed by atoms with E-state index < -0.39 is 0 Å². The smallest absolute Gasteiger partial charge is 0.270 e. The highest BCUT2D eigenvalue weighted by Gasteiger charge is 2.16. The zero-order valence-corrected chi connectivity index (χ0v) is 13.6. The van der Waals surface area contributed by atoms with Gasteiger partial charge in [-0.05, 0) is 33.3 Å². The molecule has 1 amide bonds. The van der Waals surface area contributed by atoms with Crippen LogP contribution in [0, 0.1) is 13.8 Å². The molecule has 3 heterocycles. The molecule has 3 aromatic rings. The molecule has 0 bridgehead atoms. The maximum atomic E-state index is 12.4. The van der Waals surface area contributed by atoms with Crippen LogP contribution in [0.15, 0.2) is 27.9 Å². The molecule has 0 aliphatic carbocycles. The quantitative estimate of drug-likeness (QED) is 0.746. The molecule has 0 saturated carbocycles. The first-order chi connectivity index (χ1) is 11.5. The first-order valence-corrected chi connectivity index (χ1v) is 7.51. The van der Waals surface area contributed by atoms with Crippen LogP contribution in [0.2, 0.25) is 0 Å². The summed E-state index contributed by atoms with van der Waals surface area (Å²) < 4.78 is 5.13.